The number of thiophene rings is 1. The van der Waals surface area contributed by atoms with Crippen LogP contribution in [-0.2, 0) is 6.42 Å². The molecule has 15 heavy (non-hydrogen) atoms. The van der Waals surface area contributed by atoms with Crippen LogP contribution in [0.2, 0.25) is 0 Å². The van der Waals surface area contributed by atoms with E-state index in [2.05, 4.69) is 10.1 Å². The zero-order chi connectivity index (χ0) is 10.7. The zero-order valence-corrected chi connectivity index (χ0v) is 9.33. The largest absolute Gasteiger partial charge is 0.339 e. The fraction of sp³-hybridized carbons (Fsp3) is 0.400. The molecule has 0 aliphatic heterocycles. The van der Waals surface area contributed by atoms with Gasteiger partial charge in [-0.1, -0.05) is 18.1 Å². The normalized spacial score (nSPS) is 12.9. The average molecular weight is 223 g/mol. The number of hydrogen-bond acceptors (Lipinski definition) is 5. The molecule has 2 aromatic rings. The predicted octanol–water partition coefficient (Wildman–Crippen LogP) is 2.08. The molecule has 0 amide bonds. The number of nitrogens with two attached hydrogens (primary N) is 1. The first-order valence-corrected chi connectivity index (χ1v) is 5.79. The highest BCUT2D eigenvalue weighted by Gasteiger charge is 2.11. The Kier molecular flexibility index (Phi) is 3.13. The van der Waals surface area contributed by atoms with Crippen molar-refractivity contribution in [1.29, 1.82) is 0 Å². The van der Waals surface area contributed by atoms with Crippen LogP contribution in [-0.4, -0.2) is 16.2 Å². The van der Waals surface area contributed by atoms with E-state index < -0.39 is 0 Å². The van der Waals surface area contributed by atoms with Crippen molar-refractivity contribution in [3.63, 3.8) is 0 Å². The third-order valence-electron chi connectivity index (χ3n) is 2.17. The third kappa shape index (κ3) is 2.43. The van der Waals surface area contributed by atoms with Crippen LogP contribution in [0.15, 0.2) is 22.0 Å². The quantitative estimate of drug-likeness (QED) is 0.861. The van der Waals surface area contributed by atoms with E-state index in [9.17, 15) is 0 Å². The molecule has 1 unspecified atom stereocenters. The van der Waals surface area contributed by atoms with Crippen LogP contribution in [0.4, 0.5) is 0 Å². The first kappa shape index (κ1) is 10.3. The Hall–Kier alpha value is -1.20. The van der Waals surface area contributed by atoms with Gasteiger partial charge in [0.15, 0.2) is 0 Å². The second-order valence-electron chi connectivity index (χ2n) is 3.36. The minimum absolute atomic E-state index is 0.0987. The lowest BCUT2D eigenvalue weighted by atomic mass is 10.2. The molecule has 0 aliphatic carbocycles. The van der Waals surface area contributed by atoms with Gasteiger partial charge in [0.2, 0.25) is 11.7 Å². The summed E-state index contributed by atoms with van der Waals surface area (Å²) in [5, 5.41) is 5.90. The van der Waals surface area contributed by atoms with Gasteiger partial charge in [0.25, 0.3) is 0 Å². The second kappa shape index (κ2) is 4.55. The molecular weight excluding hydrogens is 210 g/mol. The lowest BCUT2D eigenvalue weighted by Crippen LogP contribution is -2.21. The highest BCUT2D eigenvalue weighted by Crippen LogP contribution is 2.21. The number of rotatable bonds is 4. The van der Waals surface area contributed by atoms with Gasteiger partial charge >= 0.3 is 0 Å². The molecule has 0 fully saturated rings. The van der Waals surface area contributed by atoms with Crippen molar-refractivity contribution in [3.8, 4) is 10.7 Å². The first-order valence-electron chi connectivity index (χ1n) is 4.91. The summed E-state index contributed by atoms with van der Waals surface area (Å²) in [4.78, 5) is 5.32. The van der Waals surface area contributed by atoms with Gasteiger partial charge < -0.3 is 10.3 Å². The maximum Gasteiger partial charge on any atom is 0.228 e. The van der Waals surface area contributed by atoms with Crippen molar-refractivity contribution in [1.82, 2.24) is 10.1 Å². The summed E-state index contributed by atoms with van der Waals surface area (Å²) in [6, 6.07) is 4.04. The molecule has 1 atom stereocenters. The van der Waals surface area contributed by atoms with Crippen LogP contribution in [0, 0.1) is 0 Å². The maximum absolute atomic E-state index is 5.81. The van der Waals surface area contributed by atoms with Crippen LogP contribution in [0.3, 0.4) is 0 Å². The number of nitrogens with zero attached hydrogens (tertiary/aromatic N) is 2. The molecule has 2 aromatic heterocycles. The van der Waals surface area contributed by atoms with Crippen molar-refractivity contribution in [2.45, 2.75) is 25.8 Å². The molecule has 2 heterocycles. The molecule has 5 heteroatoms. The number of aromatic nitrogens is 2. The summed E-state index contributed by atoms with van der Waals surface area (Å²) < 4.78 is 5.13. The summed E-state index contributed by atoms with van der Waals surface area (Å²) >= 11 is 1.60. The van der Waals surface area contributed by atoms with Crippen molar-refractivity contribution >= 4 is 11.3 Å². The first-order chi connectivity index (χ1) is 7.29. The minimum atomic E-state index is 0.0987. The van der Waals surface area contributed by atoms with Gasteiger partial charge in [-0.05, 0) is 17.9 Å². The molecule has 0 aliphatic rings. The van der Waals surface area contributed by atoms with Gasteiger partial charge in [-0.15, -0.1) is 11.3 Å². The highest BCUT2D eigenvalue weighted by molar-refractivity contribution is 7.13. The van der Waals surface area contributed by atoms with Gasteiger partial charge in [-0.2, -0.15) is 4.98 Å². The third-order valence-corrected chi connectivity index (χ3v) is 3.04. The average Bonchev–Trinajstić information content (AvgIpc) is 2.85. The lowest BCUT2D eigenvalue weighted by molar-refractivity contribution is 0.368. The molecular formula is C10H13N3OS. The topological polar surface area (TPSA) is 64.9 Å². The molecule has 0 aromatic carbocycles. The van der Waals surface area contributed by atoms with Crippen LogP contribution in [0.1, 0.15) is 19.2 Å². The Morgan fingerprint density at radius 2 is 2.47 bits per heavy atom. The molecule has 0 saturated heterocycles. The minimum Gasteiger partial charge on any atom is -0.339 e. The molecule has 0 spiro atoms. The summed E-state index contributed by atoms with van der Waals surface area (Å²) in [6.07, 6.45) is 1.56. The lowest BCUT2D eigenvalue weighted by Gasteiger charge is -2.02. The van der Waals surface area contributed by atoms with Crippen LogP contribution >= 0.6 is 11.3 Å². The monoisotopic (exact) mass is 223 g/mol. The SMILES string of the molecule is CCC(N)Cc1nc(-c2cccs2)no1. The van der Waals surface area contributed by atoms with E-state index in [1.54, 1.807) is 11.3 Å². The van der Waals surface area contributed by atoms with Crippen molar-refractivity contribution in [3.05, 3.63) is 23.4 Å². The van der Waals surface area contributed by atoms with Gasteiger partial charge in [-0.3, -0.25) is 0 Å². The van der Waals surface area contributed by atoms with Gasteiger partial charge in [0, 0.05) is 12.5 Å². The summed E-state index contributed by atoms with van der Waals surface area (Å²) in [5.41, 5.74) is 5.81. The van der Waals surface area contributed by atoms with E-state index in [1.165, 1.54) is 0 Å². The fourth-order valence-corrected chi connectivity index (χ4v) is 1.86. The Labute approximate surface area is 92.1 Å². The zero-order valence-electron chi connectivity index (χ0n) is 8.51. The van der Waals surface area contributed by atoms with Crippen molar-refractivity contribution < 1.29 is 4.52 Å². The maximum atomic E-state index is 5.81. The van der Waals surface area contributed by atoms with Gasteiger partial charge in [-0.25, -0.2) is 0 Å². The Morgan fingerprint density at radius 1 is 1.60 bits per heavy atom. The van der Waals surface area contributed by atoms with Gasteiger partial charge in [0.1, 0.15) is 0 Å². The van der Waals surface area contributed by atoms with Crippen LogP contribution in [0.5, 0.6) is 0 Å². The predicted molar refractivity (Wildman–Crippen MR) is 59.6 cm³/mol. The standard InChI is InChI=1S/C10H13N3OS/c1-2-7(11)6-9-12-10(13-14-9)8-4-3-5-15-8/h3-5,7H,2,6,11H2,1H3. The van der Waals surface area contributed by atoms with E-state index in [-0.39, 0.29) is 6.04 Å². The van der Waals surface area contributed by atoms with E-state index in [0.29, 0.717) is 18.1 Å². The highest BCUT2D eigenvalue weighted by atomic mass is 32.1. The second-order valence-corrected chi connectivity index (χ2v) is 4.31. The fourth-order valence-electron chi connectivity index (χ4n) is 1.21. The molecule has 0 saturated carbocycles. The Morgan fingerprint density at radius 3 is 3.13 bits per heavy atom. The molecule has 2 N–H and O–H groups in total. The van der Waals surface area contributed by atoms with E-state index in [4.69, 9.17) is 10.3 Å². The van der Waals surface area contributed by atoms with Crippen molar-refractivity contribution in [2.24, 2.45) is 5.73 Å². The molecule has 80 valence electrons. The molecule has 0 radical (unpaired) electrons. The molecule has 2 rings (SSSR count). The van der Waals surface area contributed by atoms with E-state index in [1.807, 2.05) is 24.4 Å². The summed E-state index contributed by atoms with van der Waals surface area (Å²) in [6.45, 7) is 2.04. The van der Waals surface area contributed by atoms with Crippen LogP contribution < -0.4 is 5.73 Å². The molecule has 4 nitrogen and oxygen atoms in total. The smallest absolute Gasteiger partial charge is 0.228 e. The Balaban J connectivity index is 2.11. The van der Waals surface area contributed by atoms with E-state index in [0.717, 1.165) is 11.3 Å². The summed E-state index contributed by atoms with van der Waals surface area (Å²) in [5.74, 6) is 1.27. The van der Waals surface area contributed by atoms with E-state index >= 15 is 0 Å². The van der Waals surface area contributed by atoms with Crippen molar-refractivity contribution in [2.75, 3.05) is 0 Å². The summed E-state index contributed by atoms with van der Waals surface area (Å²) in [7, 11) is 0. The van der Waals surface area contributed by atoms with Crippen LogP contribution in [0.25, 0.3) is 10.7 Å². The molecule has 0 bridgehead atoms. The number of hydrogen-bond donors (Lipinski definition) is 1. The Bertz CT molecular complexity index is 410. The van der Waals surface area contributed by atoms with Gasteiger partial charge in [0.05, 0.1) is 4.88 Å².